The molecule has 1 aromatic heterocycles. The van der Waals surface area contributed by atoms with Crippen molar-refractivity contribution < 1.29 is 9.53 Å². The number of aromatic nitrogens is 2. The highest BCUT2D eigenvalue weighted by Gasteiger charge is 2.14. The predicted molar refractivity (Wildman–Crippen MR) is 109 cm³/mol. The second-order valence-electron chi connectivity index (χ2n) is 6.54. The van der Waals surface area contributed by atoms with Crippen LogP contribution in [0, 0.1) is 0 Å². The summed E-state index contributed by atoms with van der Waals surface area (Å²) in [4.78, 5) is 30.0. The molecule has 0 radical (unpaired) electrons. The number of nitrogens with two attached hydrogens (primary N) is 2. The normalized spacial score (nSPS) is 12.1. The molecule has 0 aliphatic heterocycles. The summed E-state index contributed by atoms with van der Waals surface area (Å²) in [5.74, 6) is -0.207. The van der Waals surface area contributed by atoms with Crippen LogP contribution in [0.2, 0.25) is 0 Å². The SMILES string of the molecule is COC(=O)c1ccc(C(C=NN(C)C)CCCc2c(N)nc(N)[nH]c2=O)cc1. The molecule has 1 aromatic carbocycles. The van der Waals surface area contributed by atoms with Gasteiger partial charge in [-0.05, 0) is 37.0 Å². The van der Waals surface area contributed by atoms with E-state index in [2.05, 4.69) is 15.1 Å². The average molecular weight is 386 g/mol. The Morgan fingerprint density at radius 2 is 2.00 bits per heavy atom. The monoisotopic (exact) mass is 386 g/mol. The van der Waals surface area contributed by atoms with Crippen LogP contribution in [0.25, 0.3) is 0 Å². The molecule has 1 unspecified atom stereocenters. The smallest absolute Gasteiger partial charge is 0.337 e. The Balaban J connectivity index is 2.13. The van der Waals surface area contributed by atoms with Crippen molar-refractivity contribution in [1.29, 1.82) is 0 Å². The molecule has 0 amide bonds. The number of methoxy groups -OCH3 is 1. The number of hydrogen-bond donors (Lipinski definition) is 3. The minimum absolute atomic E-state index is 0.00735. The van der Waals surface area contributed by atoms with Gasteiger partial charge < -0.3 is 21.2 Å². The van der Waals surface area contributed by atoms with E-state index in [4.69, 9.17) is 16.2 Å². The maximum absolute atomic E-state index is 12.0. The highest BCUT2D eigenvalue weighted by Crippen LogP contribution is 2.22. The van der Waals surface area contributed by atoms with Gasteiger partial charge in [-0.15, -0.1) is 0 Å². The van der Waals surface area contributed by atoms with Crippen molar-refractivity contribution in [3.05, 3.63) is 51.3 Å². The zero-order valence-corrected chi connectivity index (χ0v) is 16.3. The van der Waals surface area contributed by atoms with Gasteiger partial charge in [0.05, 0.1) is 18.2 Å². The number of hydrogen-bond acceptors (Lipinski definition) is 8. The van der Waals surface area contributed by atoms with E-state index in [1.807, 2.05) is 32.4 Å². The number of rotatable bonds is 8. The van der Waals surface area contributed by atoms with Crippen LogP contribution in [0.3, 0.4) is 0 Å². The van der Waals surface area contributed by atoms with Gasteiger partial charge in [0, 0.05) is 26.2 Å². The molecule has 0 spiro atoms. The number of benzene rings is 1. The van der Waals surface area contributed by atoms with Gasteiger partial charge in [0.1, 0.15) is 5.82 Å². The summed E-state index contributed by atoms with van der Waals surface area (Å²) in [6.45, 7) is 0. The van der Waals surface area contributed by atoms with Crippen molar-refractivity contribution in [2.24, 2.45) is 5.10 Å². The standard InChI is InChI=1S/C19H26N6O3/c1-25(2)22-11-14(12-7-9-13(10-8-12)18(27)28-3)5-4-6-15-16(20)23-19(21)24-17(15)26/h7-11,14H,4-6H2,1-3H3,(H5,20,21,23,24,26). The number of nitrogens with zero attached hydrogens (tertiary/aromatic N) is 3. The van der Waals surface area contributed by atoms with E-state index < -0.39 is 0 Å². The Labute approximate surface area is 163 Å². The van der Waals surface area contributed by atoms with Gasteiger partial charge >= 0.3 is 5.97 Å². The summed E-state index contributed by atoms with van der Waals surface area (Å²) >= 11 is 0. The third-order valence-corrected chi connectivity index (χ3v) is 4.25. The number of ether oxygens (including phenoxy) is 1. The van der Waals surface area contributed by atoms with Crippen molar-refractivity contribution in [3.8, 4) is 0 Å². The van der Waals surface area contributed by atoms with Gasteiger partial charge in [-0.3, -0.25) is 9.78 Å². The van der Waals surface area contributed by atoms with Crippen LogP contribution in [0.15, 0.2) is 34.2 Å². The fourth-order valence-electron chi connectivity index (χ4n) is 2.80. The van der Waals surface area contributed by atoms with Crippen LogP contribution in [-0.4, -0.2) is 48.4 Å². The summed E-state index contributed by atoms with van der Waals surface area (Å²) in [7, 11) is 5.03. The zero-order valence-electron chi connectivity index (χ0n) is 16.3. The van der Waals surface area contributed by atoms with E-state index >= 15 is 0 Å². The molecule has 1 heterocycles. The Bertz CT molecular complexity index is 890. The molecule has 9 heteroatoms. The van der Waals surface area contributed by atoms with Gasteiger partial charge in [-0.25, -0.2) is 4.79 Å². The van der Waals surface area contributed by atoms with Gasteiger partial charge in [0.15, 0.2) is 0 Å². The molecule has 5 N–H and O–H groups in total. The van der Waals surface area contributed by atoms with Gasteiger partial charge in [0.25, 0.3) is 5.56 Å². The van der Waals surface area contributed by atoms with Crippen molar-refractivity contribution >= 4 is 24.0 Å². The van der Waals surface area contributed by atoms with E-state index in [0.717, 1.165) is 12.0 Å². The van der Waals surface area contributed by atoms with E-state index in [9.17, 15) is 9.59 Å². The number of hydrazone groups is 1. The number of aromatic amines is 1. The molecule has 0 aliphatic rings. The molecule has 1 atom stereocenters. The highest BCUT2D eigenvalue weighted by atomic mass is 16.5. The summed E-state index contributed by atoms with van der Waals surface area (Å²) in [6, 6.07) is 7.21. The third-order valence-electron chi connectivity index (χ3n) is 4.25. The van der Waals surface area contributed by atoms with Crippen molar-refractivity contribution in [1.82, 2.24) is 15.0 Å². The number of nitrogen functional groups attached to an aromatic ring is 2. The van der Waals surface area contributed by atoms with Gasteiger partial charge in [-0.2, -0.15) is 10.1 Å². The molecule has 2 rings (SSSR count). The third kappa shape index (κ3) is 5.57. The zero-order chi connectivity index (χ0) is 20.7. The number of nitrogens with one attached hydrogen (secondary N) is 1. The lowest BCUT2D eigenvalue weighted by Gasteiger charge is -2.15. The van der Waals surface area contributed by atoms with E-state index in [1.54, 1.807) is 17.1 Å². The maximum Gasteiger partial charge on any atom is 0.337 e. The fraction of sp³-hybridized carbons (Fsp3) is 0.368. The average Bonchev–Trinajstić information content (AvgIpc) is 2.65. The lowest BCUT2D eigenvalue weighted by molar-refractivity contribution is 0.0600. The second kappa shape index (κ2) is 9.54. The molecule has 0 bridgehead atoms. The first-order valence-electron chi connectivity index (χ1n) is 8.85. The maximum atomic E-state index is 12.0. The Morgan fingerprint density at radius 3 is 2.57 bits per heavy atom. The summed E-state index contributed by atoms with van der Waals surface area (Å²) < 4.78 is 4.73. The van der Waals surface area contributed by atoms with Crippen molar-refractivity contribution in [2.45, 2.75) is 25.2 Å². The quantitative estimate of drug-likeness (QED) is 0.354. The van der Waals surface area contributed by atoms with Crippen molar-refractivity contribution in [2.75, 3.05) is 32.7 Å². The molecule has 9 nitrogen and oxygen atoms in total. The molecule has 150 valence electrons. The largest absolute Gasteiger partial charge is 0.465 e. The van der Waals surface area contributed by atoms with Crippen molar-refractivity contribution in [3.63, 3.8) is 0 Å². The lowest BCUT2D eigenvalue weighted by Crippen LogP contribution is -2.19. The number of carbonyl (C=O) groups excluding carboxylic acids is 1. The summed E-state index contributed by atoms with van der Waals surface area (Å²) in [5, 5.41) is 6.05. The Kier molecular flexibility index (Phi) is 7.14. The first kappa shape index (κ1) is 20.9. The van der Waals surface area contributed by atoms with Crippen LogP contribution in [-0.2, 0) is 11.2 Å². The Morgan fingerprint density at radius 1 is 1.32 bits per heavy atom. The predicted octanol–water partition coefficient (Wildman–Crippen LogP) is 1.37. The molecule has 2 aromatic rings. The first-order chi connectivity index (χ1) is 13.3. The summed E-state index contributed by atoms with van der Waals surface area (Å²) in [5.41, 5.74) is 12.9. The second-order valence-corrected chi connectivity index (χ2v) is 6.54. The number of anilines is 2. The molecule has 0 saturated heterocycles. The van der Waals surface area contributed by atoms with Crippen LogP contribution >= 0.6 is 0 Å². The van der Waals surface area contributed by atoms with Crippen LogP contribution < -0.4 is 17.0 Å². The topological polar surface area (TPSA) is 140 Å². The molecule has 0 saturated carbocycles. The fourth-order valence-corrected chi connectivity index (χ4v) is 2.80. The number of H-pyrrole nitrogens is 1. The lowest BCUT2D eigenvalue weighted by atomic mass is 9.93. The number of carbonyl (C=O) groups is 1. The molecule has 0 aliphatic carbocycles. The molecular formula is C19H26N6O3. The highest BCUT2D eigenvalue weighted by molar-refractivity contribution is 5.89. The van der Waals surface area contributed by atoms with Gasteiger partial charge in [0.2, 0.25) is 5.95 Å². The van der Waals surface area contributed by atoms with Gasteiger partial charge in [-0.1, -0.05) is 12.1 Å². The molecular weight excluding hydrogens is 360 g/mol. The first-order valence-corrected chi connectivity index (χ1v) is 8.85. The molecule has 28 heavy (non-hydrogen) atoms. The van der Waals surface area contributed by atoms with E-state index in [0.29, 0.717) is 24.0 Å². The number of esters is 1. The molecule has 0 fully saturated rings. The minimum Gasteiger partial charge on any atom is -0.465 e. The Hall–Kier alpha value is -3.36. The van der Waals surface area contributed by atoms with E-state index in [1.165, 1.54) is 7.11 Å². The van der Waals surface area contributed by atoms with E-state index in [-0.39, 0.29) is 29.2 Å². The minimum atomic E-state index is -0.379. The van der Waals surface area contributed by atoms with Crippen LogP contribution in [0.4, 0.5) is 11.8 Å². The summed E-state index contributed by atoms with van der Waals surface area (Å²) in [6.07, 6.45) is 3.75. The van der Waals surface area contributed by atoms with Crippen LogP contribution in [0.1, 0.15) is 40.2 Å². The van der Waals surface area contributed by atoms with Crippen LogP contribution in [0.5, 0.6) is 0 Å².